The first-order chi connectivity index (χ1) is 6.24. The van der Waals surface area contributed by atoms with E-state index in [1.807, 2.05) is 0 Å². The van der Waals surface area contributed by atoms with E-state index in [0.717, 1.165) is 0 Å². The fourth-order valence-electron chi connectivity index (χ4n) is 0.907. The molecule has 1 rings (SSSR count). The highest BCUT2D eigenvalue weighted by Crippen LogP contribution is 2.01. The Labute approximate surface area is 75.7 Å². The molecule has 5 nitrogen and oxygen atoms in total. The van der Waals surface area contributed by atoms with Gasteiger partial charge in [-0.25, -0.2) is 0 Å². The molecule has 0 bridgehead atoms. The van der Waals surface area contributed by atoms with Gasteiger partial charge in [-0.2, -0.15) is 0 Å². The number of aliphatic hydroxyl groups excluding tert-OH is 3. The molecular formula is C8H12N2O3. The maximum atomic E-state index is 9.29. The normalized spacial score (nSPS) is 15.3. The SMILES string of the molecule is OC[C@H](O)[C@@H](O)Cc1cnccn1. The fraction of sp³-hybridized carbons (Fsp3) is 0.500. The van der Waals surface area contributed by atoms with Gasteiger partial charge in [0.25, 0.3) is 0 Å². The van der Waals surface area contributed by atoms with Crippen molar-refractivity contribution in [2.24, 2.45) is 0 Å². The van der Waals surface area contributed by atoms with Crippen LogP contribution in [0.5, 0.6) is 0 Å². The van der Waals surface area contributed by atoms with E-state index < -0.39 is 18.8 Å². The van der Waals surface area contributed by atoms with Crippen LogP contribution in [0.1, 0.15) is 5.69 Å². The average Bonchev–Trinajstić information content (AvgIpc) is 2.18. The molecule has 1 heterocycles. The summed E-state index contributed by atoms with van der Waals surface area (Å²) < 4.78 is 0. The molecule has 0 aliphatic rings. The van der Waals surface area contributed by atoms with Gasteiger partial charge >= 0.3 is 0 Å². The number of aliphatic hydroxyl groups is 3. The predicted molar refractivity (Wildman–Crippen MR) is 44.8 cm³/mol. The summed E-state index contributed by atoms with van der Waals surface area (Å²) in [5.41, 5.74) is 0.586. The van der Waals surface area contributed by atoms with Crippen LogP contribution in [0.2, 0.25) is 0 Å². The van der Waals surface area contributed by atoms with Gasteiger partial charge in [-0.3, -0.25) is 9.97 Å². The van der Waals surface area contributed by atoms with E-state index in [2.05, 4.69) is 9.97 Å². The van der Waals surface area contributed by atoms with Crippen LogP contribution in [-0.2, 0) is 6.42 Å². The van der Waals surface area contributed by atoms with E-state index >= 15 is 0 Å². The van der Waals surface area contributed by atoms with Crippen LogP contribution < -0.4 is 0 Å². The molecule has 0 spiro atoms. The number of hydrogen-bond acceptors (Lipinski definition) is 5. The molecule has 3 N–H and O–H groups in total. The zero-order valence-corrected chi connectivity index (χ0v) is 7.04. The van der Waals surface area contributed by atoms with Crippen LogP contribution in [0.15, 0.2) is 18.6 Å². The summed E-state index contributed by atoms with van der Waals surface area (Å²) in [6.07, 6.45) is 2.61. The van der Waals surface area contributed by atoms with Gasteiger partial charge in [0.2, 0.25) is 0 Å². The van der Waals surface area contributed by atoms with Crippen molar-refractivity contribution in [3.8, 4) is 0 Å². The van der Waals surface area contributed by atoms with Crippen molar-refractivity contribution in [1.29, 1.82) is 0 Å². The highest BCUT2D eigenvalue weighted by molar-refractivity contribution is 4.97. The first kappa shape index (κ1) is 10.0. The second-order valence-corrected chi connectivity index (χ2v) is 2.72. The standard InChI is InChI=1S/C8H12N2O3/c11-5-8(13)7(12)3-6-4-9-1-2-10-6/h1-2,4,7-8,11-13H,3,5H2/t7-,8-/m0/s1. The maximum absolute atomic E-state index is 9.29. The Morgan fingerprint density at radius 1 is 1.23 bits per heavy atom. The van der Waals surface area contributed by atoms with E-state index in [4.69, 9.17) is 10.2 Å². The minimum atomic E-state index is -1.12. The minimum absolute atomic E-state index is 0.190. The van der Waals surface area contributed by atoms with Gasteiger partial charge in [0.05, 0.1) is 18.4 Å². The third kappa shape index (κ3) is 3.06. The summed E-state index contributed by atoms with van der Waals surface area (Å²) in [5, 5.41) is 26.9. The molecule has 0 aromatic carbocycles. The van der Waals surface area contributed by atoms with E-state index in [-0.39, 0.29) is 6.42 Å². The Kier molecular flexibility index (Phi) is 3.75. The van der Waals surface area contributed by atoms with E-state index in [0.29, 0.717) is 5.69 Å². The molecule has 0 aliphatic heterocycles. The Morgan fingerprint density at radius 3 is 2.54 bits per heavy atom. The highest BCUT2D eigenvalue weighted by atomic mass is 16.4. The number of nitrogens with zero attached hydrogens (tertiary/aromatic N) is 2. The number of hydrogen-bond donors (Lipinski definition) is 3. The quantitative estimate of drug-likeness (QED) is 0.543. The van der Waals surface area contributed by atoms with Crippen LogP contribution >= 0.6 is 0 Å². The van der Waals surface area contributed by atoms with Gasteiger partial charge in [0, 0.05) is 25.0 Å². The molecule has 0 fully saturated rings. The van der Waals surface area contributed by atoms with Crippen LogP contribution in [-0.4, -0.2) is 44.1 Å². The van der Waals surface area contributed by atoms with Crippen LogP contribution in [0.25, 0.3) is 0 Å². The maximum Gasteiger partial charge on any atom is 0.103 e. The molecule has 0 amide bonds. The third-order valence-electron chi connectivity index (χ3n) is 1.67. The lowest BCUT2D eigenvalue weighted by Crippen LogP contribution is -2.31. The van der Waals surface area contributed by atoms with Gasteiger partial charge < -0.3 is 15.3 Å². The van der Waals surface area contributed by atoms with Crippen molar-refractivity contribution in [3.05, 3.63) is 24.3 Å². The lowest BCUT2D eigenvalue weighted by molar-refractivity contribution is -0.0137. The van der Waals surface area contributed by atoms with Crippen molar-refractivity contribution in [3.63, 3.8) is 0 Å². The summed E-state index contributed by atoms with van der Waals surface area (Å²) in [7, 11) is 0. The molecule has 1 aromatic heterocycles. The van der Waals surface area contributed by atoms with Gasteiger partial charge in [-0.15, -0.1) is 0 Å². The summed E-state index contributed by atoms with van der Waals surface area (Å²) in [5.74, 6) is 0. The molecule has 0 radical (unpaired) electrons. The summed E-state index contributed by atoms with van der Waals surface area (Å²) in [6, 6.07) is 0. The molecular weight excluding hydrogens is 172 g/mol. The Morgan fingerprint density at radius 2 is 2.00 bits per heavy atom. The molecule has 5 heteroatoms. The monoisotopic (exact) mass is 184 g/mol. The molecule has 13 heavy (non-hydrogen) atoms. The van der Waals surface area contributed by atoms with Crippen LogP contribution in [0, 0.1) is 0 Å². The minimum Gasteiger partial charge on any atom is -0.394 e. The van der Waals surface area contributed by atoms with E-state index in [9.17, 15) is 5.11 Å². The molecule has 0 unspecified atom stereocenters. The lowest BCUT2D eigenvalue weighted by Gasteiger charge is -2.14. The smallest absolute Gasteiger partial charge is 0.103 e. The van der Waals surface area contributed by atoms with Crippen molar-refractivity contribution in [1.82, 2.24) is 9.97 Å². The first-order valence-corrected chi connectivity index (χ1v) is 3.96. The molecule has 0 aliphatic carbocycles. The van der Waals surface area contributed by atoms with Gasteiger partial charge in [0.15, 0.2) is 0 Å². The van der Waals surface area contributed by atoms with Gasteiger partial charge in [-0.05, 0) is 0 Å². The second-order valence-electron chi connectivity index (χ2n) is 2.72. The fourth-order valence-corrected chi connectivity index (χ4v) is 0.907. The summed E-state index contributed by atoms with van der Waals surface area (Å²) >= 11 is 0. The summed E-state index contributed by atoms with van der Waals surface area (Å²) in [6.45, 7) is -0.457. The average molecular weight is 184 g/mol. The summed E-state index contributed by atoms with van der Waals surface area (Å²) in [4.78, 5) is 7.73. The highest BCUT2D eigenvalue weighted by Gasteiger charge is 2.15. The topological polar surface area (TPSA) is 86.5 Å². The largest absolute Gasteiger partial charge is 0.394 e. The van der Waals surface area contributed by atoms with Crippen molar-refractivity contribution < 1.29 is 15.3 Å². The van der Waals surface area contributed by atoms with Gasteiger partial charge in [-0.1, -0.05) is 0 Å². The first-order valence-electron chi connectivity index (χ1n) is 3.96. The molecule has 0 saturated carbocycles. The lowest BCUT2D eigenvalue weighted by atomic mass is 10.1. The third-order valence-corrected chi connectivity index (χ3v) is 1.67. The van der Waals surface area contributed by atoms with Crippen molar-refractivity contribution in [2.75, 3.05) is 6.61 Å². The van der Waals surface area contributed by atoms with Crippen molar-refractivity contribution >= 4 is 0 Å². The zero-order valence-electron chi connectivity index (χ0n) is 7.04. The molecule has 1 aromatic rings. The Bertz CT molecular complexity index is 242. The zero-order chi connectivity index (χ0) is 9.68. The van der Waals surface area contributed by atoms with Crippen molar-refractivity contribution in [2.45, 2.75) is 18.6 Å². The Balaban J connectivity index is 2.50. The van der Waals surface area contributed by atoms with Crippen LogP contribution in [0.3, 0.4) is 0 Å². The Hall–Kier alpha value is -1.04. The van der Waals surface area contributed by atoms with E-state index in [1.165, 1.54) is 18.6 Å². The van der Waals surface area contributed by atoms with E-state index in [1.54, 1.807) is 0 Å². The predicted octanol–water partition coefficient (Wildman–Crippen LogP) is -1.27. The molecule has 72 valence electrons. The second kappa shape index (κ2) is 4.86. The molecule has 0 saturated heterocycles. The van der Waals surface area contributed by atoms with Gasteiger partial charge in [0.1, 0.15) is 6.10 Å². The number of aromatic nitrogens is 2. The molecule has 2 atom stereocenters. The van der Waals surface area contributed by atoms with Crippen LogP contribution in [0.4, 0.5) is 0 Å². The number of rotatable bonds is 4.